The number of hydrogen-bond acceptors (Lipinski definition) is 2. The molecule has 2 rings (SSSR count). The maximum atomic E-state index is 14.0. The van der Waals surface area contributed by atoms with E-state index in [-0.39, 0.29) is 5.02 Å². The van der Waals surface area contributed by atoms with Crippen molar-refractivity contribution in [2.45, 2.75) is 18.4 Å². The smallest absolute Gasteiger partial charge is 0.148 e. The number of hydrogen-bond donors (Lipinski definition) is 1. The van der Waals surface area contributed by atoms with Crippen LogP contribution in [0.25, 0.3) is 0 Å². The summed E-state index contributed by atoms with van der Waals surface area (Å²) in [7, 11) is 0. The molecule has 1 heterocycles. The van der Waals surface area contributed by atoms with Crippen LogP contribution < -0.4 is 5.73 Å². The number of halogens is 3. The average molecular weight is 309 g/mol. The molecule has 0 amide bonds. The Morgan fingerprint density at radius 2 is 2.25 bits per heavy atom. The highest BCUT2D eigenvalue weighted by molar-refractivity contribution is 9.10. The zero-order valence-electron chi connectivity index (χ0n) is 8.60. The van der Waals surface area contributed by atoms with Gasteiger partial charge in [0.05, 0.1) is 17.2 Å². The second-order valence-corrected chi connectivity index (χ2v) is 5.27. The quantitative estimate of drug-likeness (QED) is 0.809. The van der Waals surface area contributed by atoms with Crippen molar-refractivity contribution in [3.63, 3.8) is 0 Å². The van der Waals surface area contributed by atoms with E-state index in [1.165, 1.54) is 0 Å². The van der Waals surface area contributed by atoms with Crippen LogP contribution in [-0.4, -0.2) is 13.2 Å². The van der Waals surface area contributed by atoms with E-state index in [1.807, 2.05) is 0 Å². The first-order chi connectivity index (χ1) is 7.54. The Kier molecular flexibility index (Phi) is 3.54. The highest BCUT2D eigenvalue weighted by Crippen LogP contribution is 2.35. The van der Waals surface area contributed by atoms with E-state index < -0.39 is 11.4 Å². The number of ether oxygens (including phenoxy) is 1. The monoisotopic (exact) mass is 307 g/mol. The summed E-state index contributed by atoms with van der Waals surface area (Å²) >= 11 is 9.02. The van der Waals surface area contributed by atoms with Gasteiger partial charge in [-0.25, -0.2) is 4.39 Å². The topological polar surface area (TPSA) is 35.2 Å². The Hall–Kier alpha value is -0.160. The Balaban J connectivity index is 2.43. The molecule has 2 N–H and O–H groups in total. The van der Waals surface area contributed by atoms with Crippen molar-refractivity contribution in [2.75, 3.05) is 13.2 Å². The molecule has 1 aromatic carbocycles. The fraction of sp³-hybridized carbons (Fsp3) is 0.455. The predicted molar refractivity (Wildman–Crippen MR) is 65.0 cm³/mol. The highest BCUT2D eigenvalue weighted by atomic mass is 79.9. The molecule has 0 aromatic heterocycles. The van der Waals surface area contributed by atoms with Gasteiger partial charge in [0.1, 0.15) is 5.82 Å². The van der Waals surface area contributed by atoms with Gasteiger partial charge in [0.25, 0.3) is 0 Å². The molecular weight excluding hydrogens is 296 g/mol. The molecule has 0 radical (unpaired) electrons. The minimum absolute atomic E-state index is 0.0768. The molecule has 0 spiro atoms. The fourth-order valence-electron chi connectivity index (χ4n) is 1.94. The van der Waals surface area contributed by atoms with E-state index >= 15 is 0 Å². The average Bonchev–Trinajstić information content (AvgIpc) is 2.27. The lowest BCUT2D eigenvalue weighted by Crippen LogP contribution is -2.45. The highest BCUT2D eigenvalue weighted by Gasteiger charge is 2.33. The lowest BCUT2D eigenvalue weighted by atomic mass is 9.85. The van der Waals surface area contributed by atoms with Crippen LogP contribution in [0.4, 0.5) is 4.39 Å². The Morgan fingerprint density at radius 3 is 2.88 bits per heavy atom. The van der Waals surface area contributed by atoms with Crippen LogP contribution in [0.2, 0.25) is 5.02 Å². The van der Waals surface area contributed by atoms with Gasteiger partial charge >= 0.3 is 0 Å². The van der Waals surface area contributed by atoms with Gasteiger partial charge in [-0.15, -0.1) is 0 Å². The molecule has 88 valence electrons. The third kappa shape index (κ3) is 2.12. The molecule has 1 unspecified atom stereocenters. The third-order valence-corrected chi connectivity index (χ3v) is 4.10. The van der Waals surface area contributed by atoms with Crippen molar-refractivity contribution in [3.05, 3.63) is 33.0 Å². The maximum absolute atomic E-state index is 14.0. The van der Waals surface area contributed by atoms with Gasteiger partial charge in [-0.05, 0) is 34.8 Å². The molecule has 2 nitrogen and oxygen atoms in total. The molecule has 1 fully saturated rings. The molecule has 1 saturated heterocycles. The van der Waals surface area contributed by atoms with Crippen LogP contribution in [0.15, 0.2) is 16.6 Å². The van der Waals surface area contributed by atoms with E-state index in [0.717, 1.165) is 6.42 Å². The van der Waals surface area contributed by atoms with Crippen molar-refractivity contribution in [3.8, 4) is 0 Å². The summed E-state index contributed by atoms with van der Waals surface area (Å²) < 4.78 is 19.9. The van der Waals surface area contributed by atoms with Gasteiger partial charge in [0.15, 0.2) is 0 Å². The first-order valence-electron chi connectivity index (χ1n) is 5.05. The van der Waals surface area contributed by atoms with E-state index in [4.69, 9.17) is 22.1 Å². The Bertz CT molecular complexity index is 407. The van der Waals surface area contributed by atoms with Crippen LogP contribution in [0.3, 0.4) is 0 Å². The minimum Gasteiger partial charge on any atom is -0.379 e. The second kappa shape index (κ2) is 4.61. The predicted octanol–water partition coefficient (Wildman–Crippen LogP) is 3.21. The summed E-state index contributed by atoms with van der Waals surface area (Å²) in [5, 5.41) is 0.0768. The molecule has 16 heavy (non-hydrogen) atoms. The molecule has 1 atom stereocenters. The summed E-state index contributed by atoms with van der Waals surface area (Å²) in [6.07, 6.45) is 1.55. The standard InChI is InChI=1S/C11H12BrClFNO/c12-8-3-2-7(10(14)9(8)13)11(15)4-1-5-16-6-11/h2-3H,1,4-6,15H2. The SMILES string of the molecule is NC1(c2ccc(Br)c(Cl)c2F)CCCOC1. The molecule has 5 heteroatoms. The van der Waals surface area contributed by atoms with E-state index in [9.17, 15) is 4.39 Å². The fourth-order valence-corrected chi connectivity index (χ4v) is 2.41. The second-order valence-electron chi connectivity index (χ2n) is 4.04. The maximum Gasteiger partial charge on any atom is 0.148 e. The van der Waals surface area contributed by atoms with Gasteiger partial charge in [-0.3, -0.25) is 0 Å². The first kappa shape index (κ1) is 12.3. The molecule has 1 aromatic rings. The summed E-state index contributed by atoms with van der Waals surface area (Å²) in [5.74, 6) is -0.455. The summed E-state index contributed by atoms with van der Waals surface area (Å²) in [5.41, 5.74) is 5.83. The van der Waals surface area contributed by atoms with E-state index in [0.29, 0.717) is 29.7 Å². The molecule has 0 bridgehead atoms. The number of rotatable bonds is 1. The van der Waals surface area contributed by atoms with Crippen molar-refractivity contribution in [1.82, 2.24) is 0 Å². The molecule has 0 saturated carbocycles. The van der Waals surface area contributed by atoms with Crippen molar-refractivity contribution in [2.24, 2.45) is 5.73 Å². The van der Waals surface area contributed by atoms with Gasteiger partial charge < -0.3 is 10.5 Å². The van der Waals surface area contributed by atoms with Gasteiger partial charge in [0.2, 0.25) is 0 Å². The van der Waals surface area contributed by atoms with Gasteiger partial charge in [-0.2, -0.15) is 0 Å². The summed E-state index contributed by atoms with van der Waals surface area (Å²) in [6, 6.07) is 3.38. The van der Waals surface area contributed by atoms with Crippen molar-refractivity contribution >= 4 is 27.5 Å². The van der Waals surface area contributed by atoms with Crippen LogP contribution in [0.5, 0.6) is 0 Å². The van der Waals surface area contributed by atoms with Crippen LogP contribution >= 0.6 is 27.5 Å². The molecule has 0 aliphatic carbocycles. The van der Waals surface area contributed by atoms with Gasteiger partial charge in [0, 0.05) is 16.6 Å². The summed E-state index contributed by atoms with van der Waals surface area (Å²) in [6.45, 7) is 1.02. The third-order valence-electron chi connectivity index (χ3n) is 2.84. The summed E-state index contributed by atoms with van der Waals surface area (Å²) in [4.78, 5) is 0. The Morgan fingerprint density at radius 1 is 1.50 bits per heavy atom. The van der Waals surface area contributed by atoms with Crippen LogP contribution in [-0.2, 0) is 10.3 Å². The zero-order valence-corrected chi connectivity index (χ0v) is 10.9. The van der Waals surface area contributed by atoms with Crippen LogP contribution in [0.1, 0.15) is 18.4 Å². The van der Waals surface area contributed by atoms with Gasteiger partial charge in [-0.1, -0.05) is 17.7 Å². The van der Waals surface area contributed by atoms with Crippen molar-refractivity contribution in [1.29, 1.82) is 0 Å². The lowest BCUT2D eigenvalue weighted by Gasteiger charge is -2.34. The molecule has 1 aliphatic heterocycles. The van der Waals surface area contributed by atoms with Crippen molar-refractivity contribution < 1.29 is 9.13 Å². The largest absolute Gasteiger partial charge is 0.379 e. The zero-order chi connectivity index (χ0) is 11.8. The minimum atomic E-state index is -0.757. The number of nitrogens with two attached hydrogens (primary N) is 1. The molecule has 1 aliphatic rings. The Labute approximate surface area is 107 Å². The van der Waals surface area contributed by atoms with Crippen LogP contribution in [0, 0.1) is 5.82 Å². The van der Waals surface area contributed by atoms with E-state index in [1.54, 1.807) is 12.1 Å². The van der Waals surface area contributed by atoms with E-state index in [2.05, 4.69) is 15.9 Å². The number of benzene rings is 1. The first-order valence-corrected chi connectivity index (χ1v) is 6.22. The molecular formula is C11H12BrClFNO. The normalized spacial score (nSPS) is 25.8. The lowest BCUT2D eigenvalue weighted by molar-refractivity contribution is 0.0352.